The van der Waals surface area contributed by atoms with Gasteiger partial charge in [-0.3, -0.25) is 0 Å². The summed E-state index contributed by atoms with van der Waals surface area (Å²) in [5, 5.41) is 1.24. The molecule has 0 radical (unpaired) electrons. The predicted octanol–water partition coefficient (Wildman–Crippen LogP) is 12.7. The summed E-state index contributed by atoms with van der Waals surface area (Å²) in [6.45, 7) is 9.15. The SMILES string of the molecule is CCc1ccc(N2c3cc(C)cc4c3B(c3ccc5cc3N4c3cccc(c3)C(C)(C)c3cccc(c3)N5c3ccccc3)c3c2c2ccccc2n3-c2ccccc2)cc1. The minimum atomic E-state index is -0.262. The number of aryl methyl sites for hydroxylation is 2. The van der Waals surface area contributed by atoms with Crippen LogP contribution in [0.2, 0.25) is 0 Å². The van der Waals surface area contributed by atoms with Gasteiger partial charge in [0.1, 0.15) is 0 Å². The maximum absolute atomic E-state index is 2.57. The fourth-order valence-corrected chi connectivity index (χ4v) is 10.5. The molecule has 0 unspecified atom stereocenters. The number of hydrogen-bond donors (Lipinski definition) is 0. The fourth-order valence-electron chi connectivity index (χ4n) is 10.5. The normalized spacial score (nSPS) is 14.3. The molecule has 292 valence electrons. The number of fused-ring (bicyclic) bond motifs is 12. The Bertz CT molecular complexity index is 3180. The molecular formula is C56H45BN4. The number of para-hydroxylation sites is 3. The first-order chi connectivity index (χ1) is 29.9. The Morgan fingerprint density at radius 2 is 1.03 bits per heavy atom. The fraction of sp³-hybridized carbons (Fsp3) is 0.107. The summed E-state index contributed by atoms with van der Waals surface area (Å²) in [7, 11) is 0. The van der Waals surface area contributed by atoms with E-state index >= 15 is 0 Å². The topological polar surface area (TPSA) is 14.7 Å². The Balaban J connectivity index is 1.23. The van der Waals surface area contributed by atoms with E-state index in [4.69, 9.17) is 0 Å². The average Bonchev–Trinajstić information content (AvgIpc) is 3.64. The quantitative estimate of drug-likeness (QED) is 0.165. The zero-order valence-corrected chi connectivity index (χ0v) is 35.0. The zero-order valence-electron chi connectivity index (χ0n) is 35.0. The van der Waals surface area contributed by atoms with Gasteiger partial charge in [0, 0.05) is 67.6 Å². The maximum Gasteiger partial charge on any atom is 0.273 e. The average molecular weight is 785 g/mol. The Kier molecular flexibility index (Phi) is 7.83. The van der Waals surface area contributed by atoms with Crippen molar-refractivity contribution in [2.24, 2.45) is 0 Å². The van der Waals surface area contributed by atoms with Crippen LogP contribution >= 0.6 is 0 Å². The molecule has 0 saturated carbocycles. The third kappa shape index (κ3) is 5.26. The molecule has 6 bridgehead atoms. The van der Waals surface area contributed by atoms with Gasteiger partial charge in [-0.2, -0.15) is 0 Å². The van der Waals surface area contributed by atoms with Crippen molar-refractivity contribution in [3.05, 3.63) is 210 Å². The number of rotatable bonds is 4. The van der Waals surface area contributed by atoms with Crippen molar-refractivity contribution in [1.82, 2.24) is 4.57 Å². The molecule has 4 nitrogen and oxygen atoms in total. The maximum atomic E-state index is 2.57. The lowest BCUT2D eigenvalue weighted by atomic mass is 9.35. The summed E-state index contributed by atoms with van der Waals surface area (Å²) in [6, 6.07) is 70.6. The van der Waals surface area contributed by atoms with E-state index in [1.165, 1.54) is 78.1 Å². The number of aromatic nitrogens is 1. The van der Waals surface area contributed by atoms with Gasteiger partial charge < -0.3 is 19.3 Å². The van der Waals surface area contributed by atoms with Gasteiger partial charge in [-0.05, 0) is 138 Å². The molecule has 0 saturated heterocycles. The first-order valence-electron chi connectivity index (χ1n) is 21.6. The van der Waals surface area contributed by atoms with Crippen LogP contribution in [0.1, 0.15) is 43.0 Å². The van der Waals surface area contributed by atoms with Crippen LogP contribution in [0.25, 0.3) is 16.6 Å². The zero-order chi connectivity index (χ0) is 41.0. The van der Waals surface area contributed by atoms with Crippen LogP contribution in [0.3, 0.4) is 0 Å². The molecule has 0 fully saturated rings. The Morgan fingerprint density at radius 1 is 0.475 bits per heavy atom. The summed E-state index contributed by atoms with van der Waals surface area (Å²) in [4.78, 5) is 7.57. The van der Waals surface area contributed by atoms with Crippen LogP contribution in [0.15, 0.2) is 188 Å². The van der Waals surface area contributed by atoms with E-state index in [-0.39, 0.29) is 12.1 Å². The summed E-state index contributed by atoms with van der Waals surface area (Å²) in [5.41, 5.74) is 21.7. The second kappa shape index (κ2) is 13.4. The molecule has 0 atom stereocenters. The summed E-state index contributed by atoms with van der Waals surface area (Å²) in [6.07, 6.45) is 0.997. The van der Waals surface area contributed by atoms with Crippen molar-refractivity contribution in [2.45, 2.75) is 39.5 Å². The largest absolute Gasteiger partial charge is 0.319 e. The minimum absolute atomic E-state index is 0.0688. The lowest BCUT2D eigenvalue weighted by Gasteiger charge is -2.44. The van der Waals surface area contributed by atoms with Crippen LogP contribution in [0, 0.1) is 6.92 Å². The summed E-state index contributed by atoms with van der Waals surface area (Å²) < 4.78 is 2.55. The molecule has 0 aliphatic carbocycles. The number of anilines is 9. The minimum Gasteiger partial charge on any atom is -0.319 e. The van der Waals surface area contributed by atoms with Crippen molar-refractivity contribution >= 4 is 85.3 Å². The highest BCUT2D eigenvalue weighted by Gasteiger charge is 2.47. The smallest absolute Gasteiger partial charge is 0.273 e. The van der Waals surface area contributed by atoms with E-state index < -0.39 is 0 Å². The van der Waals surface area contributed by atoms with Gasteiger partial charge in [0.2, 0.25) is 0 Å². The second-order valence-electron chi connectivity index (χ2n) is 17.4. The molecule has 61 heavy (non-hydrogen) atoms. The highest BCUT2D eigenvalue weighted by atomic mass is 15.2. The highest BCUT2D eigenvalue weighted by Crippen LogP contribution is 2.50. The molecule has 3 aliphatic rings. The van der Waals surface area contributed by atoms with Gasteiger partial charge in [-0.25, -0.2) is 0 Å². The lowest BCUT2D eigenvalue weighted by molar-refractivity contribution is 0.641. The molecule has 9 aromatic rings. The monoisotopic (exact) mass is 784 g/mol. The molecule has 0 amide bonds. The molecule has 8 aromatic carbocycles. The second-order valence-corrected chi connectivity index (χ2v) is 17.4. The van der Waals surface area contributed by atoms with E-state index in [1.807, 2.05) is 0 Å². The van der Waals surface area contributed by atoms with Crippen molar-refractivity contribution in [3.63, 3.8) is 0 Å². The van der Waals surface area contributed by atoms with E-state index in [1.54, 1.807) is 0 Å². The van der Waals surface area contributed by atoms with Crippen molar-refractivity contribution in [2.75, 3.05) is 14.7 Å². The van der Waals surface area contributed by atoms with Crippen LogP contribution in [0.5, 0.6) is 0 Å². The molecule has 1 aromatic heterocycles. The first kappa shape index (κ1) is 35.7. The van der Waals surface area contributed by atoms with E-state index in [2.05, 4.69) is 235 Å². The van der Waals surface area contributed by atoms with Gasteiger partial charge in [-0.15, -0.1) is 0 Å². The van der Waals surface area contributed by atoms with Gasteiger partial charge in [0.25, 0.3) is 6.71 Å². The Labute approximate surface area is 358 Å². The van der Waals surface area contributed by atoms with E-state index in [0.717, 1.165) is 34.9 Å². The van der Waals surface area contributed by atoms with Gasteiger partial charge in [-0.1, -0.05) is 118 Å². The van der Waals surface area contributed by atoms with Crippen molar-refractivity contribution in [1.29, 1.82) is 0 Å². The van der Waals surface area contributed by atoms with Crippen LogP contribution in [-0.2, 0) is 11.8 Å². The molecule has 5 heteroatoms. The molecule has 3 aliphatic heterocycles. The Morgan fingerprint density at radius 3 is 1.72 bits per heavy atom. The van der Waals surface area contributed by atoms with Crippen LogP contribution in [0.4, 0.5) is 51.2 Å². The number of hydrogen-bond acceptors (Lipinski definition) is 3. The number of nitrogens with zero attached hydrogens (tertiary/aromatic N) is 4. The lowest BCUT2D eigenvalue weighted by Crippen LogP contribution is -2.63. The van der Waals surface area contributed by atoms with E-state index in [0.29, 0.717) is 0 Å². The third-order valence-corrected chi connectivity index (χ3v) is 13.5. The molecular weight excluding hydrogens is 739 g/mol. The van der Waals surface area contributed by atoms with Crippen molar-refractivity contribution in [3.8, 4) is 5.69 Å². The third-order valence-electron chi connectivity index (χ3n) is 13.5. The van der Waals surface area contributed by atoms with Gasteiger partial charge in [0.05, 0.1) is 11.2 Å². The predicted molar refractivity (Wildman–Crippen MR) is 258 cm³/mol. The first-order valence-corrected chi connectivity index (χ1v) is 21.6. The van der Waals surface area contributed by atoms with Crippen LogP contribution in [-0.4, -0.2) is 11.3 Å². The van der Waals surface area contributed by atoms with Crippen molar-refractivity contribution < 1.29 is 0 Å². The van der Waals surface area contributed by atoms with Gasteiger partial charge in [0.15, 0.2) is 0 Å². The molecule has 0 N–H and O–H groups in total. The molecule has 12 rings (SSSR count). The highest BCUT2D eigenvalue weighted by molar-refractivity contribution is 7.00. The van der Waals surface area contributed by atoms with E-state index in [9.17, 15) is 0 Å². The standard InChI is InChI=1S/C56H45BN4/c1-5-38-26-28-43(29-27-38)60-52-33-37(2)32-51-53(52)57(55-54(60)47-24-12-13-25-49(47)61(55)42-20-10-7-11-21-42)48-31-30-46-36-50(48)59(51)45-23-15-17-40(35-45)56(3,4)39-16-14-22-44(34-39)58(46)41-18-8-6-9-19-41/h6-36H,5H2,1-4H3. The number of benzene rings is 8. The summed E-state index contributed by atoms with van der Waals surface area (Å²) in [5.74, 6) is 0. The van der Waals surface area contributed by atoms with Gasteiger partial charge >= 0.3 is 0 Å². The van der Waals surface area contributed by atoms with Crippen LogP contribution < -0.4 is 31.2 Å². The molecule has 4 heterocycles. The Hall–Kier alpha value is -7.24. The molecule has 0 spiro atoms. The summed E-state index contributed by atoms with van der Waals surface area (Å²) >= 11 is 0.